The molecule has 1 amide bonds. The molecule has 30 heavy (non-hydrogen) atoms. The molecule has 1 saturated heterocycles. The quantitative estimate of drug-likeness (QED) is 0.271. The van der Waals surface area contributed by atoms with E-state index in [1.165, 1.54) is 35.2 Å². The number of amides is 1. The van der Waals surface area contributed by atoms with E-state index in [1.807, 2.05) is 6.26 Å². The van der Waals surface area contributed by atoms with E-state index in [0.717, 1.165) is 4.34 Å². The van der Waals surface area contributed by atoms with Gasteiger partial charge in [-0.1, -0.05) is 40.4 Å². The molecule has 4 rings (SSSR count). The number of benzene rings is 1. The topological polar surface area (TPSA) is 120 Å². The fourth-order valence-electron chi connectivity index (χ4n) is 2.82. The molecule has 2 fully saturated rings. The monoisotopic (exact) mass is 468 g/mol. The Morgan fingerprint density at radius 1 is 1.27 bits per heavy atom. The predicted molar refractivity (Wildman–Crippen MR) is 114 cm³/mol. The molecule has 0 unspecified atom stereocenters. The minimum Gasteiger partial charge on any atom is -0.389 e. The molecular formula is C18H20N4O5S3. The average Bonchev–Trinajstić information content (AvgIpc) is 3.31. The van der Waals surface area contributed by atoms with Crippen LogP contribution >= 0.6 is 23.1 Å². The minimum absolute atomic E-state index is 0.0261. The molecular weight excluding hydrogens is 448 g/mol. The van der Waals surface area contributed by atoms with E-state index in [2.05, 4.69) is 20.7 Å². The molecule has 1 aliphatic heterocycles. The first-order valence-electron chi connectivity index (χ1n) is 9.32. The second-order valence-electron chi connectivity index (χ2n) is 6.83. The standard InChI is InChI=1S/C18H20N4O5S3/c1-28-18-21-20-17(29-18)19-16(23)15(22-27-12-8-9-26-10-12)11-2-4-13(5-3-11)30(24,25)14-6-7-14/h2-5,12,14H,6-10H2,1H3,(H,19,20,23)/t12-/m1/s1. The Kier molecular flexibility index (Phi) is 6.37. The van der Waals surface area contributed by atoms with E-state index >= 15 is 0 Å². The molecule has 1 aromatic heterocycles. The third kappa shape index (κ3) is 4.82. The highest BCUT2D eigenvalue weighted by Gasteiger charge is 2.36. The van der Waals surface area contributed by atoms with Gasteiger partial charge in [0.15, 0.2) is 26.0 Å². The van der Waals surface area contributed by atoms with Crippen LogP contribution in [0, 0.1) is 0 Å². The molecule has 1 saturated carbocycles. The maximum absolute atomic E-state index is 12.9. The van der Waals surface area contributed by atoms with Gasteiger partial charge in [-0.2, -0.15) is 0 Å². The number of nitrogens with one attached hydrogen (secondary N) is 1. The highest BCUT2D eigenvalue weighted by Crippen LogP contribution is 2.33. The molecule has 1 N–H and O–H groups in total. The second-order valence-corrected chi connectivity index (χ2v) is 11.1. The summed E-state index contributed by atoms with van der Waals surface area (Å²) in [5.74, 6) is -0.518. The Labute approximate surface area is 182 Å². The van der Waals surface area contributed by atoms with Crippen LogP contribution in [0.3, 0.4) is 0 Å². The number of nitrogens with zero attached hydrogens (tertiary/aromatic N) is 3. The number of anilines is 1. The van der Waals surface area contributed by atoms with E-state index in [-0.39, 0.29) is 22.0 Å². The normalized spacial score (nSPS) is 19.6. The molecule has 12 heteroatoms. The van der Waals surface area contributed by atoms with E-state index in [0.29, 0.717) is 43.2 Å². The zero-order valence-corrected chi connectivity index (χ0v) is 18.6. The first kappa shape index (κ1) is 21.2. The van der Waals surface area contributed by atoms with Crippen LogP contribution in [0.1, 0.15) is 24.8 Å². The minimum atomic E-state index is -3.31. The number of hydrogen-bond acceptors (Lipinski definition) is 10. The van der Waals surface area contributed by atoms with Gasteiger partial charge < -0.3 is 9.57 Å². The zero-order valence-electron chi connectivity index (χ0n) is 16.1. The predicted octanol–water partition coefficient (Wildman–Crippen LogP) is 2.34. The number of hydrogen-bond donors (Lipinski definition) is 1. The molecule has 1 atom stereocenters. The lowest BCUT2D eigenvalue weighted by Gasteiger charge is -2.10. The van der Waals surface area contributed by atoms with Crippen molar-refractivity contribution in [2.75, 3.05) is 24.8 Å². The molecule has 0 bridgehead atoms. The van der Waals surface area contributed by atoms with Crippen molar-refractivity contribution >= 4 is 49.7 Å². The third-order valence-electron chi connectivity index (χ3n) is 4.62. The summed E-state index contributed by atoms with van der Waals surface area (Å²) in [5.41, 5.74) is 0.467. The summed E-state index contributed by atoms with van der Waals surface area (Å²) in [6.07, 6.45) is 3.71. The van der Waals surface area contributed by atoms with Gasteiger partial charge in [0.25, 0.3) is 5.91 Å². The Hall–Kier alpha value is -2.02. The number of sulfone groups is 1. The molecule has 1 aliphatic carbocycles. The van der Waals surface area contributed by atoms with Crippen LogP contribution < -0.4 is 5.32 Å². The molecule has 2 aliphatic rings. The fourth-order valence-corrected chi connectivity index (χ4v) is 5.64. The highest BCUT2D eigenvalue weighted by molar-refractivity contribution is 8.00. The van der Waals surface area contributed by atoms with Crippen molar-refractivity contribution in [1.82, 2.24) is 10.2 Å². The summed E-state index contributed by atoms with van der Waals surface area (Å²) in [6, 6.07) is 6.13. The number of carbonyl (C=O) groups is 1. The van der Waals surface area contributed by atoms with E-state index in [9.17, 15) is 13.2 Å². The van der Waals surface area contributed by atoms with Gasteiger partial charge in [-0.05, 0) is 31.2 Å². The smallest absolute Gasteiger partial charge is 0.280 e. The van der Waals surface area contributed by atoms with Crippen LogP contribution in [0.25, 0.3) is 0 Å². The Morgan fingerprint density at radius 3 is 2.63 bits per heavy atom. The molecule has 1 aromatic carbocycles. The van der Waals surface area contributed by atoms with E-state index in [4.69, 9.17) is 9.57 Å². The van der Waals surface area contributed by atoms with Crippen molar-refractivity contribution < 1.29 is 22.8 Å². The summed E-state index contributed by atoms with van der Waals surface area (Å²) in [4.78, 5) is 18.6. The van der Waals surface area contributed by atoms with Crippen LogP contribution in [0.4, 0.5) is 5.13 Å². The van der Waals surface area contributed by atoms with Crippen molar-refractivity contribution in [1.29, 1.82) is 0 Å². The van der Waals surface area contributed by atoms with Crippen molar-refractivity contribution in [2.45, 2.75) is 39.9 Å². The number of aromatic nitrogens is 2. The summed E-state index contributed by atoms with van der Waals surface area (Å²) in [5, 5.41) is 14.7. The lowest BCUT2D eigenvalue weighted by molar-refractivity contribution is -0.110. The van der Waals surface area contributed by atoms with Crippen molar-refractivity contribution in [3.05, 3.63) is 29.8 Å². The Balaban J connectivity index is 1.57. The zero-order chi connectivity index (χ0) is 21.1. The average molecular weight is 469 g/mol. The number of rotatable bonds is 8. The van der Waals surface area contributed by atoms with Gasteiger partial charge in [-0.15, -0.1) is 10.2 Å². The molecule has 2 aromatic rings. The SMILES string of the molecule is CSc1nnc(NC(=O)C(=NO[C@@H]2CCOC2)c2ccc(S(=O)(=O)C3CC3)cc2)s1. The maximum Gasteiger partial charge on any atom is 0.280 e. The lowest BCUT2D eigenvalue weighted by Crippen LogP contribution is -2.25. The molecule has 160 valence electrons. The number of thioether (sulfide) groups is 1. The van der Waals surface area contributed by atoms with Gasteiger partial charge >= 0.3 is 0 Å². The maximum atomic E-state index is 12.9. The van der Waals surface area contributed by atoms with E-state index in [1.54, 1.807) is 12.1 Å². The van der Waals surface area contributed by atoms with Gasteiger partial charge in [0.05, 0.1) is 23.4 Å². The molecule has 0 radical (unpaired) electrons. The van der Waals surface area contributed by atoms with Gasteiger partial charge in [-0.25, -0.2) is 8.42 Å². The number of carbonyl (C=O) groups excluding carboxylic acids is 1. The summed E-state index contributed by atoms with van der Waals surface area (Å²) >= 11 is 2.67. The van der Waals surface area contributed by atoms with Gasteiger partial charge in [0.1, 0.15) is 0 Å². The van der Waals surface area contributed by atoms with Crippen LogP contribution in [0.2, 0.25) is 0 Å². The summed E-state index contributed by atoms with van der Waals surface area (Å²) in [7, 11) is -3.31. The Bertz CT molecular complexity index is 1040. The van der Waals surface area contributed by atoms with Crippen molar-refractivity contribution in [2.24, 2.45) is 5.16 Å². The van der Waals surface area contributed by atoms with Crippen LogP contribution in [0.5, 0.6) is 0 Å². The molecule has 2 heterocycles. The number of oxime groups is 1. The van der Waals surface area contributed by atoms with E-state index < -0.39 is 15.7 Å². The first-order valence-corrected chi connectivity index (χ1v) is 12.9. The van der Waals surface area contributed by atoms with Crippen LogP contribution in [0.15, 0.2) is 38.7 Å². The molecule has 9 nitrogen and oxygen atoms in total. The lowest BCUT2D eigenvalue weighted by atomic mass is 10.1. The highest BCUT2D eigenvalue weighted by atomic mass is 32.2. The third-order valence-corrected chi connectivity index (χ3v) is 8.71. The fraction of sp³-hybridized carbons (Fsp3) is 0.444. The van der Waals surface area contributed by atoms with Gasteiger partial charge in [0, 0.05) is 12.0 Å². The molecule has 0 spiro atoms. The Morgan fingerprint density at radius 2 is 2.03 bits per heavy atom. The van der Waals surface area contributed by atoms with Crippen molar-refractivity contribution in [3.63, 3.8) is 0 Å². The number of ether oxygens (including phenoxy) is 1. The van der Waals surface area contributed by atoms with Gasteiger partial charge in [-0.3, -0.25) is 10.1 Å². The summed E-state index contributed by atoms with van der Waals surface area (Å²) < 4.78 is 30.8. The van der Waals surface area contributed by atoms with Crippen molar-refractivity contribution in [3.8, 4) is 0 Å². The largest absolute Gasteiger partial charge is 0.389 e. The van der Waals surface area contributed by atoms with Crippen LogP contribution in [-0.4, -0.2) is 61.1 Å². The first-order chi connectivity index (χ1) is 14.5. The second kappa shape index (κ2) is 9.00. The van der Waals surface area contributed by atoms with Crippen LogP contribution in [-0.2, 0) is 24.2 Å². The summed E-state index contributed by atoms with van der Waals surface area (Å²) in [6.45, 7) is 0.988. The van der Waals surface area contributed by atoms with Gasteiger partial charge in [0.2, 0.25) is 5.13 Å².